The summed E-state index contributed by atoms with van der Waals surface area (Å²) in [5, 5.41) is 0. The van der Waals surface area contributed by atoms with Crippen LogP contribution in [0.25, 0.3) is 0 Å². The van der Waals surface area contributed by atoms with E-state index in [0.29, 0.717) is 19.3 Å². The number of ether oxygens (including phenoxy) is 3. The Bertz CT molecular complexity index is 826. The van der Waals surface area contributed by atoms with Gasteiger partial charge in [-0.25, -0.2) is 0 Å². The van der Waals surface area contributed by atoms with Gasteiger partial charge >= 0.3 is 17.9 Å². The number of esters is 3. The van der Waals surface area contributed by atoms with Gasteiger partial charge in [0.1, 0.15) is 13.2 Å². The average molecular weight is 765 g/mol. The number of unbranched alkanes of at least 4 members (excludes halogenated alkanes) is 26. The summed E-state index contributed by atoms with van der Waals surface area (Å²) in [5.41, 5.74) is 0. The summed E-state index contributed by atoms with van der Waals surface area (Å²) in [6, 6.07) is 0. The van der Waals surface area contributed by atoms with Crippen LogP contribution in [0.4, 0.5) is 0 Å². The predicted octanol–water partition coefficient (Wildman–Crippen LogP) is 15.0. The molecule has 54 heavy (non-hydrogen) atoms. The molecule has 2 atom stereocenters. The Morgan fingerprint density at radius 2 is 0.704 bits per heavy atom. The van der Waals surface area contributed by atoms with E-state index in [1.165, 1.54) is 148 Å². The van der Waals surface area contributed by atoms with Crippen molar-refractivity contribution < 1.29 is 28.6 Å². The Labute approximate surface area is 336 Å². The lowest BCUT2D eigenvalue weighted by Gasteiger charge is -2.18. The normalized spacial score (nSPS) is 12.6. The SMILES string of the molecule is CCCCCCCCCCCCC(=O)OC[C@H](COC(=O)CCCCCCCCCCCCCC(C)C)OC(=O)CCCCCCCCCCC(C)CC. The van der Waals surface area contributed by atoms with Crippen molar-refractivity contribution in [3.8, 4) is 0 Å². The van der Waals surface area contributed by atoms with Crippen LogP contribution in [0.5, 0.6) is 0 Å². The van der Waals surface area contributed by atoms with E-state index in [4.69, 9.17) is 14.2 Å². The van der Waals surface area contributed by atoms with Crippen LogP contribution in [0.15, 0.2) is 0 Å². The maximum absolute atomic E-state index is 12.7. The number of hydrogen-bond donors (Lipinski definition) is 0. The Balaban J connectivity index is 4.33. The van der Waals surface area contributed by atoms with E-state index in [2.05, 4.69) is 34.6 Å². The van der Waals surface area contributed by atoms with Crippen LogP contribution in [0.1, 0.15) is 259 Å². The van der Waals surface area contributed by atoms with E-state index >= 15 is 0 Å². The van der Waals surface area contributed by atoms with Gasteiger partial charge in [-0.1, -0.05) is 221 Å². The van der Waals surface area contributed by atoms with Crippen LogP contribution in [0, 0.1) is 11.8 Å². The zero-order chi connectivity index (χ0) is 39.7. The predicted molar refractivity (Wildman–Crippen MR) is 229 cm³/mol. The molecule has 0 radical (unpaired) electrons. The van der Waals surface area contributed by atoms with E-state index in [-0.39, 0.29) is 31.1 Å². The molecule has 6 nitrogen and oxygen atoms in total. The molecule has 0 bridgehead atoms. The molecule has 0 aliphatic carbocycles. The van der Waals surface area contributed by atoms with Crippen LogP contribution in [-0.4, -0.2) is 37.2 Å². The van der Waals surface area contributed by atoms with Crippen LogP contribution in [-0.2, 0) is 28.6 Å². The Morgan fingerprint density at radius 1 is 0.389 bits per heavy atom. The van der Waals surface area contributed by atoms with Crippen molar-refractivity contribution in [2.75, 3.05) is 13.2 Å². The molecule has 1 unspecified atom stereocenters. The molecular formula is C48H92O6. The van der Waals surface area contributed by atoms with Crippen molar-refractivity contribution in [1.29, 1.82) is 0 Å². The first-order chi connectivity index (χ1) is 26.3. The molecule has 0 aliphatic heterocycles. The van der Waals surface area contributed by atoms with Gasteiger partial charge < -0.3 is 14.2 Å². The second-order valence-electron chi connectivity index (χ2n) is 17.1. The molecule has 6 heteroatoms. The van der Waals surface area contributed by atoms with Gasteiger partial charge in [0.05, 0.1) is 0 Å². The topological polar surface area (TPSA) is 78.9 Å². The number of carbonyl (C=O) groups is 3. The smallest absolute Gasteiger partial charge is 0.306 e. The molecule has 0 N–H and O–H groups in total. The average Bonchev–Trinajstić information content (AvgIpc) is 3.15. The molecule has 0 aromatic rings. The van der Waals surface area contributed by atoms with Crippen molar-refractivity contribution >= 4 is 17.9 Å². The van der Waals surface area contributed by atoms with E-state index < -0.39 is 6.10 Å². The number of hydrogen-bond acceptors (Lipinski definition) is 6. The minimum atomic E-state index is -0.760. The van der Waals surface area contributed by atoms with Crippen molar-refractivity contribution in [3.63, 3.8) is 0 Å². The minimum absolute atomic E-state index is 0.0649. The van der Waals surface area contributed by atoms with Crippen molar-refractivity contribution in [3.05, 3.63) is 0 Å². The Morgan fingerprint density at radius 3 is 1.06 bits per heavy atom. The van der Waals surface area contributed by atoms with Gasteiger partial charge in [-0.15, -0.1) is 0 Å². The lowest BCUT2D eigenvalue weighted by atomic mass is 9.99. The Kier molecular flexibility index (Phi) is 39.8. The van der Waals surface area contributed by atoms with Gasteiger partial charge in [0.25, 0.3) is 0 Å². The zero-order valence-corrected chi connectivity index (χ0v) is 36.8. The summed E-state index contributed by atoms with van der Waals surface area (Å²) in [5.74, 6) is 0.815. The molecule has 0 saturated carbocycles. The molecule has 0 aromatic carbocycles. The number of rotatable bonds is 42. The van der Waals surface area contributed by atoms with Gasteiger partial charge in [0, 0.05) is 19.3 Å². The molecule has 320 valence electrons. The summed E-state index contributed by atoms with van der Waals surface area (Å²) in [4.78, 5) is 37.7. The highest BCUT2D eigenvalue weighted by atomic mass is 16.6. The van der Waals surface area contributed by atoms with Crippen LogP contribution < -0.4 is 0 Å². The minimum Gasteiger partial charge on any atom is -0.462 e. The van der Waals surface area contributed by atoms with Gasteiger partial charge in [0.15, 0.2) is 6.10 Å². The first-order valence-corrected chi connectivity index (χ1v) is 23.8. The molecule has 0 rings (SSSR count). The quantitative estimate of drug-likeness (QED) is 0.0350. The highest BCUT2D eigenvalue weighted by molar-refractivity contribution is 5.71. The fourth-order valence-electron chi connectivity index (χ4n) is 7.07. The molecule has 0 aromatic heterocycles. The Hall–Kier alpha value is -1.59. The van der Waals surface area contributed by atoms with Gasteiger partial charge in [-0.05, 0) is 31.1 Å². The van der Waals surface area contributed by atoms with E-state index in [0.717, 1.165) is 69.6 Å². The lowest BCUT2D eigenvalue weighted by molar-refractivity contribution is -0.167. The summed E-state index contributed by atoms with van der Waals surface area (Å²) in [7, 11) is 0. The molecule has 0 amide bonds. The van der Waals surface area contributed by atoms with Crippen LogP contribution >= 0.6 is 0 Å². The molecule has 0 aliphatic rings. The maximum Gasteiger partial charge on any atom is 0.306 e. The highest BCUT2D eigenvalue weighted by Crippen LogP contribution is 2.17. The van der Waals surface area contributed by atoms with Crippen molar-refractivity contribution in [2.24, 2.45) is 11.8 Å². The standard InChI is InChI=1S/C48H92O6/c1-6-8-9-10-11-12-17-23-28-33-38-46(49)52-41-45(54-48(51)40-35-30-25-20-19-22-27-32-37-44(5)7-2)42-53-47(50)39-34-29-24-18-15-13-14-16-21-26-31-36-43(3)4/h43-45H,6-42H2,1-5H3/t44?,45-/m1/s1. The molecule has 0 spiro atoms. The summed E-state index contributed by atoms with van der Waals surface area (Å²) in [6.07, 6.45) is 39.4. The molecule has 0 heterocycles. The van der Waals surface area contributed by atoms with Gasteiger partial charge in [-0.2, -0.15) is 0 Å². The van der Waals surface area contributed by atoms with E-state index in [9.17, 15) is 14.4 Å². The molecular weight excluding hydrogens is 673 g/mol. The van der Waals surface area contributed by atoms with E-state index in [1.807, 2.05) is 0 Å². The first kappa shape index (κ1) is 52.4. The van der Waals surface area contributed by atoms with Gasteiger partial charge in [0.2, 0.25) is 0 Å². The third kappa shape index (κ3) is 40.1. The summed E-state index contributed by atoms with van der Waals surface area (Å²) < 4.78 is 16.7. The highest BCUT2D eigenvalue weighted by Gasteiger charge is 2.19. The monoisotopic (exact) mass is 765 g/mol. The van der Waals surface area contributed by atoms with Crippen molar-refractivity contribution in [2.45, 2.75) is 265 Å². The fourth-order valence-corrected chi connectivity index (χ4v) is 7.07. The van der Waals surface area contributed by atoms with Crippen molar-refractivity contribution in [1.82, 2.24) is 0 Å². The first-order valence-electron chi connectivity index (χ1n) is 23.8. The van der Waals surface area contributed by atoms with Crippen LogP contribution in [0.3, 0.4) is 0 Å². The summed E-state index contributed by atoms with van der Waals surface area (Å²) >= 11 is 0. The third-order valence-electron chi connectivity index (χ3n) is 11.1. The third-order valence-corrected chi connectivity index (χ3v) is 11.1. The zero-order valence-electron chi connectivity index (χ0n) is 36.8. The maximum atomic E-state index is 12.7. The van der Waals surface area contributed by atoms with Crippen LogP contribution in [0.2, 0.25) is 0 Å². The largest absolute Gasteiger partial charge is 0.462 e. The van der Waals surface area contributed by atoms with Gasteiger partial charge in [-0.3, -0.25) is 14.4 Å². The summed E-state index contributed by atoms with van der Waals surface area (Å²) in [6.45, 7) is 11.3. The second-order valence-corrected chi connectivity index (χ2v) is 17.1. The second kappa shape index (κ2) is 41.1. The molecule has 0 fully saturated rings. The number of carbonyl (C=O) groups excluding carboxylic acids is 3. The molecule has 0 saturated heterocycles. The van der Waals surface area contributed by atoms with E-state index in [1.54, 1.807) is 0 Å². The fraction of sp³-hybridized carbons (Fsp3) is 0.938. The lowest BCUT2D eigenvalue weighted by Crippen LogP contribution is -2.30.